The van der Waals surface area contributed by atoms with Crippen LogP contribution in [0.4, 0.5) is 28.8 Å². The summed E-state index contributed by atoms with van der Waals surface area (Å²) in [5, 5.41) is 2.99. The van der Waals surface area contributed by atoms with Gasteiger partial charge >= 0.3 is 6.01 Å². The highest BCUT2D eigenvalue weighted by Gasteiger charge is 2.19. The van der Waals surface area contributed by atoms with E-state index in [9.17, 15) is 4.79 Å². The molecule has 7 nitrogen and oxygen atoms in total. The van der Waals surface area contributed by atoms with Gasteiger partial charge in [0, 0.05) is 37.2 Å². The lowest BCUT2D eigenvalue weighted by Crippen LogP contribution is -2.15. The monoisotopic (exact) mass is 413 g/mol. The molecule has 0 aliphatic heterocycles. The maximum Gasteiger partial charge on any atom is 0.306 e. The Kier molecular flexibility index (Phi) is 5.66. The van der Waals surface area contributed by atoms with Crippen LogP contribution in [0.25, 0.3) is 0 Å². The van der Waals surface area contributed by atoms with Crippen LogP contribution in [-0.2, 0) is 0 Å². The first-order valence-electron chi connectivity index (χ1n) is 9.82. The Labute approximate surface area is 181 Å². The number of aryl methyl sites for hydroxylation is 1. The van der Waals surface area contributed by atoms with E-state index in [2.05, 4.69) is 15.3 Å². The highest BCUT2D eigenvalue weighted by atomic mass is 16.4. The SMILES string of the molecule is Cc1ccc(NC(=O)c2cccc(N(C)C)c2)cc1N(c1cccnc1)c1ncco1. The molecule has 0 saturated heterocycles. The number of nitrogens with zero attached hydrogens (tertiary/aromatic N) is 4. The largest absolute Gasteiger partial charge is 0.432 e. The van der Waals surface area contributed by atoms with E-state index in [-0.39, 0.29) is 5.91 Å². The molecule has 0 radical (unpaired) electrons. The van der Waals surface area contributed by atoms with Crippen LogP contribution in [-0.4, -0.2) is 30.0 Å². The molecule has 0 atom stereocenters. The second kappa shape index (κ2) is 8.71. The number of anilines is 5. The lowest BCUT2D eigenvalue weighted by Gasteiger charge is -2.23. The summed E-state index contributed by atoms with van der Waals surface area (Å²) in [5.41, 5.74) is 4.84. The van der Waals surface area contributed by atoms with Crippen molar-refractivity contribution in [3.8, 4) is 0 Å². The summed E-state index contributed by atoms with van der Waals surface area (Å²) >= 11 is 0. The average molecular weight is 413 g/mol. The van der Waals surface area contributed by atoms with Crippen molar-refractivity contribution in [3.05, 3.63) is 90.6 Å². The van der Waals surface area contributed by atoms with Crippen LogP contribution in [0.15, 0.2) is 83.9 Å². The Bertz CT molecular complexity index is 1170. The number of nitrogens with one attached hydrogen (secondary N) is 1. The minimum Gasteiger partial charge on any atom is -0.432 e. The smallest absolute Gasteiger partial charge is 0.306 e. The third kappa shape index (κ3) is 4.40. The van der Waals surface area contributed by atoms with Crippen LogP contribution in [0, 0.1) is 6.92 Å². The molecular weight excluding hydrogens is 390 g/mol. The Balaban J connectivity index is 1.68. The van der Waals surface area contributed by atoms with E-state index in [1.54, 1.807) is 24.7 Å². The van der Waals surface area contributed by atoms with Gasteiger partial charge in [-0.05, 0) is 55.0 Å². The Hall–Kier alpha value is -4.13. The quantitative estimate of drug-likeness (QED) is 0.470. The summed E-state index contributed by atoms with van der Waals surface area (Å²) in [6.45, 7) is 1.99. The van der Waals surface area contributed by atoms with Crippen molar-refractivity contribution >= 4 is 34.7 Å². The zero-order valence-corrected chi connectivity index (χ0v) is 17.6. The Morgan fingerprint density at radius 1 is 1.00 bits per heavy atom. The molecule has 156 valence electrons. The number of pyridine rings is 1. The van der Waals surface area contributed by atoms with Crippen molar-refractivity contribution in [1.29, 1.82) is 0 Å². The molecule has 0 unspecified atom stereocenters. The van der Waals surface area contributed by atoms with E-state index in [1.807, 2.05) is 79.3 Å². The van der Waals surface area contributed by atoms with Gasteiger partial charge < -0.3 is 14.6 Å². The summed E-state index contributed by atoms with van der Waals surface area (Å²) in [7, 11) is 3.89. The zero-order valence-electron chi connectivity index (χ0n) is 17.6. The Morgan fingerprint density at radius 3 is 2.55 bits per heavy atom. The van der Waals surface area contributed by atoms with E-state index in [0.29, 0.717) is 17.3 Å². The fourth-order valence-electron chi connectivity index (χ4n) is 3.22. The Morgan fingerprint density at radius 2 is 1.84 bits per heavy atom. The van der Waals surface area contributed by atoms with Crippen LogP contribution >= 0.6 is 0 Å². The molecule has 31 heavy (non-hydrogen) atoms. The van der Waals surface area contributed by atoms with E-state index in [1.165, 1.54) is 6.26 Å². The highest BCUT2D eigenvalue weighted by molar-refractivity contribution is 6.05. The molecule has 0 bridgehead atoms. The normalized spacial score (nSPS) is 10.5. The van der Waals surface area contributed by atoms with E-state index in [0.717, 1.165) is 22.6 Å². The van der Waals surface area contributed by atoms with E-state index >= 15 is 0 Å². The molecule has 4 aromatic rings. The zero-order chi connectivity index (χ0) is 21.8. The summed E-state index contributed by atoms with van der Waals surface area (Å²) in [6, 6.07) is 17.4. The van der Waals surface area contributed by atoms with Crippen molar-refractivity contribution < 1.29 is 9.21 Å². The second-order valence-corrected chi connectivity index (χ2v) is 7.26. The molecule has 0 saturated carbocycles. The van der Waals surface area contributed by atoms with Crippen molar-refractivity contribution in [1.82, 2.24) is 9.97 Å². The fraction of sp³-hybridized carbons (Fsp3) is 0.125. The van der Waals surface area contributed by atoms with Crippen molar-refractivity contribution in [2.75, 3.05) is 29.2 Å². The first-order valence-corrected chi connectivity index (χ1v) is 9.82. The number of rotatable bonds is 6. The third-order valence-corrected chi connectivity index (χ3v) is 4.85. The summed E-state index contributed by atoms with van der Waals surface area (Å²) in [5.74, 6) is -0.178. The molecular formula is C24H23N5O2. The van der Waals surface area contributed by atoms with Gasteiger partial charge in [0.2, 0.25) is 0 Å². The molecule has 1 amide bonds. The molecule has 2 heterocycles. The molecule has 2 aromatic carbocycles. The van der Waals surface area contributed by atoms with Crippen LogP contribution in [0.1, 0.15) is 15.9 Å². The van der Waals surface area contributed by atoms with Gasteiger partial charge in [-0.1, -0.05) is 12.1 Å². The number of carbonyl (C=O) groups is 1. The molecule has 0 fully saturated rings. The maximum absolute atomic E-state index is 12.9. The number of aromatic nitrogens is 2. The van der Waals surface area contributed by atoms with Gasteiger partial charge in [0.1, 0.15) is 6.26 Å². The van der Waals surface area contributed by atoms with Gasteiger partial charge in [0.05, 0.1) is 23.8 Å². The first kappa shape index (κ1) is 20.2. The molecule has 1 N–H and O–H groups in total. The van der Waals surface area contributed by atoms with E-state index in [4.69, 9.17) is 4.42 Å². The number of amides is 1. The van der Waals surface area contributed by atoms with Gasteiger partial charge in [-0.3, -0.25) is 14.7 Å². The van der Waals surface area contributed by atoms with Crippen LogP contribution < -0.4 is 15.1 Å². The minimum absolute atomic E-state index is 0.178. The molecule has 4 rings (SSSR count). The third-order valence-electron chi connectivity index (χ3n) is 4.85. The van der Waals surface area contributed by atoms with E-state index < -0.39 is 0 Å². The molecule has 0 spiro atoms. The molecule has 7 heteroatoms. The summed E-state index contributed by atoms with van der Waals surface area (Å²) in [4.78, 5) is 25.2. The lowest BCUT2D eigenvalue weighted by molar-refractivity contribution is 0.102. The number of carbonyl (C=O) groups excluding carboxylic acids is 1. The topological polar surface area (TPSA) is 74.5 Å². The van der Waals surface area contributed by atoms with Crippen molar-refractivity contribution in [2.24, 2.45) is 0 Å². The predicted octanol–water partition coefficient (Wildman–Crippen LogP) is 5.17. The standard InChI is InChI=1S/C24H23N5O2/c1-17-9-10-19(27-23(30)18-6-4-7-20(14-18)28(2)3)15-22(17)29(24-26-12-13-31-24)21-8-5-11-25-16-21/h4-16H,1-3H3,(H,27,30). The fourth-order valence-corrected chi connectivity index (χ4v) is 3.22. The number of benzene rings is 2. The number of oxazole rings is 1. The van der Waals surface area contributed by atoms with Crippen LogP contribution in [0.3, 0.4) is 0 Å². The lowest BCUT2D eigenvalue weighted by atomic mass is 10.1. The minimum atomic E-state index is -0.178. The second-order valence-electron chi connectivity index (χ2n) is 7.26. The van der Waals surface area contributed by atoms with Crippen LogP contribution in [0.2, 0.25) is 0 Å². The van der Waals surface area contributed by atoms with Gasteiger partial charge in [-0.25, -0.2) is 4.98 Å². The summed E-state index contributed by atoms with van der Waals surface area (Å²) in [6.07, 6.45) is 6.57. The van der Waals surface area contributed by atoms with Gasteiger partial charge in [-0.2, -0.15) is 0 Å². The van der Waals surface area contributed by atoms with Crippen LogP contribution in [0.5, 0.6) is 0 Å². The van der Waals surface area contributed by atoms with Gasteiger partial charge in [0.15, 0.2) is 0 Å². The number of hydrogen-bond acceptors (Lipinski definition) is 6. The van der Waals surface area contributed by atoms with Gasteiger partial charge in [0.25, 0.3) is 5.91 Å². The average Bonchev–Trinajstić information content (AvgIpc) is 3.31. The molecule has 2 aromatic heterocycles. The van der Waals surface area contributed by atoms with Crippen molar-refractivity contribution in [2.45, 2.75) is 6.92 Å². The predicted molar refractivity (Wildman–Crippen MR) is 122 cm³/mol. The highest BCUT2D eigenvalue weighted by Crippen LogP contribution is 2.36. The van der Waals surface area contributed by atoms with Crippen molar-refractivity contribution in [3.63, 3.8) is 0 Å². The first-order chi connectivity index (χ1) is 15.0. The maximum atomic E-state index is 12.9. The summed E-state index contributed by atoms with van der Waals surface area (Å²) < 4.78 is 5.58. The number of hydrogen-bond donors (Lipinski definition) is 1. The molecule has 0 aliphatic rings. The van der Waals surface area contributed by atoms with Gasteiger partial charge in [-0.15, -0.1) is 0 Å². The molecule has 0 aliphatic carbocycles.